The van der Waals surface area contributed by atoms with Crippen molar-refractivity contribution in [2.45, 2.75) is 25.7 Å². The molecule has 0 saturated carbocycles. The third kappa shape index (κ3) is 7.21. The van der Waals surface area contributed by atoms with E-state index >= 15 is 0 Å². The molecule has 47 heavy (non-hydrogen) atoms. The van der Waals surface area contributed by atoms with Gasteiger partial charge in [0.1, 0.15) is 6.61 Å². The fourth-order valence-electron chi connectivity index (χ4n) is 4.78. The smallest absolute Gasteiger partial charge is 0.434 e. The molecule has 0 spiro atoms. The molecule has 1 aromatic heterocycles. The molecule has 0 N–H and O–H groups in total. The molecule has 0 amide bonds. The third-order valence-electron chi connectivity index (χ3n) is 6.86. The lowest BCUT2D eigenvalue weighted by Crippen LogP contribution is -2.41. The van der Waals surface area contributed by atoms with Gasteiger partial charge in [-0.05, 0) is 88.7 Å². The number of benzene rings is 3. The topological polar surface area (TPSA) is 122 Å². The highest BCUT2D eigenvalue weighted by molar-refractivity contribution is 14.1. The summed E-state index contributed by atoms with van der Waals surface area (Å²) in [6, 6.07) is 13.4. The SMILES string of the molecule is CCOC(=O)C1=C(C(F)(F)F)N=c2s/c(=C\c3cc(I)c(OCc4ccc([N+](=O)[O-])cc4)c(OC)c3)c(=O)n2[C@@H]1c1ccc(Cl)cc1. The number of halogens is 5. The van der Waals surface area contributed by atoms with Gasteiger partial charge in [0.05, 0.1) is 38.4 Å². The zero-order valence-electron chi connectivity index (χ0n) is 24.3. The molecule has 0 radical (unpaired) electrons. The number of nitro benzene ring substituents is 1. The fourth-order valence-corrected chi connectivity index (χ4v) is 6.69. The van der Waals surface area contributed by atoms with E-state index in [1.807, 2.05) is 22.6 Å². The lowest BCUT2D eigenvalue weighted by molar-refractivity contribution is -0.384. The van der Waals surface area contributed by atoms with Gasteiger partial charge in [-0.15, -0.1) is 0 Å². The minimum atomic E-state index is -5.03. The molecule has 0 unspecified atom stereocenters. The summed E-state index contributed by atoms with van der Waals surface area (Å²) in [4.78, 5) is 40.8. The molecular formula is C31H22ClF3IN3O7S. The van der Waals surface area contributed by atoms with Crippen LogP contribution in [0.2, 0.25) is 5.02 Å². The van der Waals surface area contributed by atoms with E-state index in [-0.39, 0.29) is 33.8 Å². The number of aromatic nitrogens is 1. The van der Waals surface area contributed by atoms with Crippen LogP contribution in [0.1, 0.15) is 29.7 Å². The molecule has 2 heterocycles. The highest BCUT2D eigenvalue weighted by atomic mass is 127. The van der Waals surface area contributed by atoms with Crippen molar-refractivity contribution in [3.05, 3.63) is 127 Å². The Hall–Kier alpha value is -4.22. The molecule has 5 rings (SSSR count). The Morgan fingerprint density at radius 3 is 2.45 bits per heavy atom. The molecule has 0 saturated heterocycles. The van der Waals surface area contributed by atoms with Gasteiger partial charge in [-0.2, -0.15) is 13.2 Å². The van der Waals surface area contributed by atoms with Crippen LogP contribution in [-0.2, 0) is 16.1 Å². The highest BCUT2D eigenvalue weighted by Crippen LogP contribution is 2.39. The molecular weight excluding hydrogens is 778 g/mol. The van der Waals surface area contributed by atoms with Crippen LogP contribution in [-0.4, -0.2) is 35.4 Å². The zero-order valence-corrected chi connectivity index (χ0v) is 28.1. The number of non-ortho nitro benzene ring substituents is 1. The van der Waals surface area contributed by atoms with Crippen molar-refractivity contribution in [2.24, 2.45) is 4.99 Å². The maximum atomic E-state index is 14.4. The number of allylic oxidation sites excluding steroid dienone is 1. The van der Waals surface area contributed by atoms with Gasteiger partial charge in [0.25, 0.3) is 11.2 Å². The molecule has 1 aliphatic rings. The molecule has 10 nitrogen and oxygen atoms in total. The Labute approximate surface area is 286 Å². The van der Waals surface area contributed by atoms with Gasteiger partial charge in [0, 0.05) is 17.2 Å². The van der Waals surface area contributed by atoms with Crippen LogP contribution >= 0.6 is 45.5 Å². The van der Waals surface area contributed by atoms with Gasteiger partial charge in [0.15, 0.2) is 22.0 Å². The summed E-state index contributed by atoms with van der Waals surface area (Å²) in [5.74, 6) is -0.566. The average molecular weight is 800 g/mol. The summed E-state index contributed by atoms with van der Waals surface area (Å²) in [5, 5.41) is 11.2. The molecule has 0 bridgehead atoms. The summed E-state index contributed by atoms with van der Waals surface area (Å²) < 4.78 is 61.2. The number of nitro groups is 1. The van der Waals surface area contributed by atoms with Crippen molar-refractivity contribution in [2.75, 3.05) is 13.7 Å². The quantitative estimate of drug-likeness (QED) is 0.0870. The first-order valence-electron chi connectivity index (χ1n) is 13.6. The van der Waals surface area contributed by atoms with Crippen LogP contribution < -0.4 is 24.4 Å². The third-order valence-corrected chi connectivity index (χ3v) is 8.90. The molecule has 1 aliphatic heterocycles. The Kier molecular flexibility index (Phi) is 10.1. The number of methoxy groups -OCH3 is 1. The van der Waals surface area contributed by atoms with E-state index in [0.29, 0.717) is 31.2 Å². The molecule has 244 valence electrons. The monoisotopic (exact) mass is 799 g/mol. The van der Waals surface area contributed by atoms with Crippen LogP contribution in [0.25, 0.3) is 6.08 Å². The number of hydrogen-bond donors (Lipinski definition) is 0. The normalized spacial score (nSPS) is 14.8. The summed E-state index contributed by atoms with van der Waals surface area (Å²) in [5.41, 5.74) is -1.64. The molecule has 4 aromatic rings. The van der Waals surface area contributed by atoms with Gasteiger partial charge in [0.2, 0.25) is 0 Å². The number of nitrogens with zero attached hydrogens (tertiary/aromatic N) is 3. The number of alkyl halides is 3. The maximum absolute atomic E-state index is 14.4. The molecule has 16 heteroatoms. The Morgan fingerprint density at radius 2 is 1.85 bits per heavy atom. The second-order valence-electron chi connectivity index (χ2n) is 9.86. The first-order chi connectivity index (χ1) is 22.3. The Bertz CT molecular complexity index is 2080. The van der Waals surface area contributed by atoms with Crippen molar-refractivity contribution in [1.82, 2.24) is 4.57 Å². The lowest BCUT2D eigenvalue weighted by atomic mass is 9.95. The molecule has 3 aromatic carbocycles. The first-order valence-corrected chi connectivity index (χ1v) is 15.9. The number of carbonyl (C=O) groups is 1. The Morgan fingerprint density at radius 1 is 1.17 bits per heavy atom. The van der Waals surface area contributed by atoms with Gasteiger partial charge in [-0.3, -0.25) is 19.5 Å². The van der Waals surface area contributed by atoms with Gasteiger partial charge in [-0.25, -0.2) is 9.79 Å². The van der Waals surface area contributed by atoms with Crippen LogP contribution in [0.15, 0.2) is 81.7 Å². The number of carbonyl (C=O) groups excluding carboxylic acids is 1. The van der Waals surface area contributed by atoms with Gasteiger partial charge in [-0.1, -0.05) is 35.1 Å². The summed E-state index contributed by atoms with van der Waals surface area (Å²) in [6.07, 6.45) is -3.55. The van der Waals surface area contributed by atoms with Crippen molar-refractivity contribution in [3.63, 3.8) is 0 Å². The van der Waals surface area contributed by atoms with E-state index in [4.69, 9.17) is 25.8 Å². The average Bonchev–Trinajstić information content (AvgIpc) is 3.33. The van der Waals surface area contributed by atoms with Crippen LogP contribution in [0, 0.1) is 13.7 Å². The molecule has 0 fully saturated rings. The minimum absolute atomic E-state index is 0.0479. The molecule has 1 atom stereocenters. The lowest BCUT2D eigenvalue weighted by Gasteiger charge is -2.26. The van der Waals surface area contributed by atoms with E-state index in [9.17, 15) is 32.9 Å². The number of thiazole rings is 1. The van der Waals surface area contributed by atoms with Crippen molar-refractivity contribution < 1.29 is 37.1 Å². The number of hydrogen-bond acceptors (Lipinski definition) is 9. The van der Waals surface area contributed by atoms with Crippen molar-refractivity contribution >= 4 is 63.3 Å². The second kappa shape index (κ2) is 13.9. The van der Waals surface area contributed by atoms with E-state index < -0.39 is 39.9 Å². The van der Waals surface area contributed by atoms with Gasteiger partial charge >= 0.3 is 12.1 Å². The largest absolute Gasteiger partial charge is 0.493 e. The van der Waals surface area contributed by atoms with Crippen LogP contribution in [0.5, 0.6) is 11.5 Å². The van der Waals surface area contributed by atoms with E-state index in [2.05, 4.69) is 4.99 Å². The van der Waals surface area contributed by atoms with E-state index in [1.54, 1.807) is 24.3 Å². The number of ether oxygens (including phenoxy) is 3. The van der Waals surface area contributed by atoms with Gasteiger partial charge < -0.3 is 14.2 Å². The van der Waals surface area contributed by atoms with E-state index in [0.717, 1.165) is 15.9 Å². The summed E-state index contributed by atoms with van der Waals surface area (Å²) in [7, 11) is 1.42. The summed E-state index contributed by atoms with van der Waals surface area (Å²) in [6.45, 7) is 1.34. The van der Waals surface area contributed by atoms with Crippen molar-refractivity contribution in [3.8, 4) is 11.5 Å². The maximum Gasteiger partial charge on any atom is 0.434 e. The molecule has 0 aliphatic carbocycles. The fraction of sp³-hybridized carbons (Fsp3) is 0.194. The first kappa shape index (κ1) is 34.1. The number of rotatable bonds is 9. The highest BCUT2D eigenvalue weighted by Gasteiger charge is 2.45. The van der Waals surface area contributed by atoms with Crippen molar-refractivity contribution in [1.29, 1.82) is 0 Å². The van der Waals surface area contributed by atoms with Crippen LogP contribution in [0.4, 0.5) is 18.9 Å². The summed E-state index contributed by atoms with van der Waals surface area (Å²) >= 11 is 8.77. The predicted molar refractivity (Wildman–Crippen MR) is 175 cm³/mol. The predicted octanol–water partition coefficient (Wildman–Crippen LogP) is 6.09. The van der Waals surface area contributed by atoms with E-state index in [1.165, 1.54) is 56.5 Å². The standard InChI is InChI=1S/C31H22ClF3IN3O7S/c1-3-45-29(41)24-25(18-6-8-19(32)9-7-18)38-28(40)23(47-30(38)37-27(24)31(33,34)35)14-17-12-21(36)26(22(13-17)44-2)46-15-16-4-10-20(11-5-16)39(42)43/h4-14,25H,3,15H2,1-2H3/b23-14-/t25-/m1/s1. The number of esters is 1. The minimum Gasteiger partial charge on any atom is -0.493 e. The Balaban J connectivity index is 1.60. The second-order valence-corrected chi connectivity index (χ2v) is 12.5. The number of fused-ring (bicyclic) bond motifs is 1. The van der Waals surface area contributed by atoms with Crippen LogP contribution in [0.3, 0.4) is 0 Å². The zero-order chi connectivity index (χ0) is 34.0.